The lowest BCUT2D eigenvalue weighted by Gasteiger charge is -2.56. The minimum absolute atomic E-state index is 0.00611. The van der Waals surface area contributed by atoms with E-state index in [9.17, 15) is 23.1 Å². The molecule has 4 aliphatic rings. The SMILES string of the molecule is Cc1nc(CCc2ccc([C@H]3C[C@@]4(C)C(CC[C@@]4(O)C(F)(F)C(F)(F)F)C4CCC5=CC(=O)CCC5=C43)cc2)cs1. The molecular weight excluding hydrogens is 557 g/mol. The maximum atomic E-state index is 15.1. The third-order valence-corrected chi connectivity index (χ3v) is 11.3. The largest absolute Gasteiger partial charge is 0.456 e. The monoisotopic (exact) mass is 591 g/mol. The van der Waals surface area contributed by atoms with Crippen LogP contribution in [0.5, 0.6) is 0 Å². The number of hydrogen-bond acceptors (Lipinski definition) is 4. The fourth-order valence-corrected chi connectivity index (χ4v) is 9.07. The molecule has 0 bridgehead atoms. The Kier molecular flexibility index (Phi) is 6.89. The molecule has 2 unspecified atom stereocenters. The lowest BCUT2D eigenvalue weighted by atomic mass is 9.50. The number of fused-ring (bicyclic) bond motifs is 4. The highest BCUT2D eigenvalue weighted by atomic mass is 32.1. The topological polar surface area (TPSA) is 50.2 Å². The van der Waals surface area contributed by atoms with Gasteiger partial charge in [-0.25, -0.2) is 4.98 Å². The smallest absolute Gasteiger partial charge is 0.383 e. The molecule has 2 fully saturated rings. The molecule has 2 aromatic rings. The van der Waals surface area contributed by atoms with Crippen molar-refractivity contribution in [2.45, 2.75) is 95.3 Å². The molecule has 3 nitrogen and oxygen atoms in total. The van der Waals surface area contributed by atoms with Crippen LogP contribution in [0.15, 0.2) is 52.4 Å². The molecule has 5 atom stereocenters. The highest BCUT2D eigenvalue weighted by Gasteiger charge is 2.79. The summed E-state index contributed by atoms with van der Waals surface area (Å²) in [6, 6.07) is 7.92. The first kappa shape index (κ1) is 28.7. The Balaban J connectivity index is 1.40. The van der Waals surface area contributed by atoms with Crippen molar-refractivity contribution in [2.24, 2.45) is 17.3 Å². The first-order valence-electron chi connectivity index (χ1n) is 14.4. The van der Waals surface area contributed by atoms with Crippen molar-refractivity contribution < 1.29 is 31.9 Å². The predicted octanol–water partition coefficient (Wildman–Crippen LogP) is 8.06. The van der Waals surface area contributed by atoms with Gasteiger partial charge in [0.1, 0.15) is 5.60 Å². The molecule has 2 saturated carbocycles. The van der Waals surface area contributed by atoms with Crippen LogP contribution in [0.2, 0.25) is 0 Å². The molecule has 220 valence electrons. The second-order valence-corrected chi connectivity index (χ2v) is 13.6. The summed E-state index contributed by atoms with van der Waals surface area (Å²) >= 11 is 1.60. The van der Waals surface area contributed by atoms with Crippen LogP contribution < -0.4 is 0 Å². The molecule has 9 heteroatoms. The van der Waals surface area contributed by atoms with Crippen LogP contribution in [-0.2, 0) is 17.6 Å². The number of carbonyl (C=O) groups is 1. The van der Waals surface area contributed by atoms with Gasteiger partial charge in [0.25, 0.3) is 0 Å². The average molecular weight is 592 g/mol. The zero-order valence-electron chi connectivity index (χ0n) is 23.2. The third-order valence-electron chi connectivity index (χ3n) is 10.5. The minimum Gasteiger partial charge on any atom is -0.383 e. The first-order valence-corrected chi connectivity index (χ1v) is 15.3. The Morgan fingerprint density at radius 2 is 1.78 bits per heavy atom. The zero-order valence-corrected chi connectivity index (χ0v) is 24.0. The molecule has 0 amide bonds. The van der Waals surface area contributed by atoms with Crippen molar-refractivity contribution >= 4 is 17.1 Å². The number of aliphatic hydroxyl groups is 1. The van der Waals surface area contributed by atoms with Crippen LogP contribution in [0.25, 0.3) is 0 Å². The van der Waals surface area contributed by atoms with Crippen LogP contribution in [-0.4, -0.2) is 33.6 Å². The van der Waals surface area contributed by atoms with Gasteiger partial charge < -0.3 is 5.11 Å². The van der Waals surface area contributed by atoms with Gasteiger partial charge in [0.15, 0.2) is 5.78 Å². The summed E-state index contributed by atoms with van der Waals surface area (Å²) in [6.07, 6.45) is -0.986. The molecule has 1 N–H and O–H groups in total. The number of ketones is 1. The molecule has 0 radical (unpaired) electrons. The summed E-state index contributed by atoms with van der Waals surface area (Å²) in [4.78, 5) is 16.7. The lowest BCUT2D eigenvalue weighted by molar-refractivity contribution is -0.362. The van der Waals surface area contributed by atoms with E-state index in [1.807, 2.05) is 36.6 Å². The van der Waals surface area contributed by atoms with E-state index >= 15 is 8.78 Å². The fourth-order valence-electron chi connectivity index (χ4n) is 8.43. The highest BCUT2D eigenvalue weighted by Crippen LogP contribution is 2.70. The normalized spacial score (nSPS) is 32.0. The van der Waals surface area contributed by atoms with Crippen molar-refractivity contribution in [1.29, 1.82) is 0 Å². The molecule has 0 aliphatic heterocycles. The number of benzene rings is 1. The van der Waals surface area contributed by atoms with Gasteiger partial charge in [0.05, 0.1) is 10.7 Å². The minimum atomic E-state index is -5.85. The Labute approximate surface area is 240 Å². The summed E-state index contributed by atoms with van der Waals surface area (Å²) in [5.41, 5.74) is 1.27. The van der Waals surface area contributed by atoms with Crippen LogP contribution in [0.4, 0.5) is 22.0 Å². The number of halogens is 5. The maximum absolute atomic E-state index is 15.1. The number of carbonyl (C=O) groups excluding carboxylic acids is 1. The second kappa shape index (κ2) is 9.83. The quantitative estimate of drug-likeness (QED) is 0.358. The molecule has 0 spiro atoms. The van der Waals surface area contributed by atoms with Crippen molar-refractivity contribution in [2.75, 3.05) is 0 Å². The van der Waals surface area contributed by atoms with E-state index in [1.165, 1.54) is 6.92 Å². The molecule has 41 heavy (non-hydrogen) atoms. The van der Waals surface area contributed by atoms with Crippen LogP contribution >= 0.6 is 11.3 Å². The summed E-state index contributed by atoms with van der Waals surface area (Å²) in [5.74, 6) is -6.30. The van der Waals surface area contributed by atoms with E-state index in [0.29, 0.717) is 25.7 Å². The van der Waals surface area contributed by atoms with Gasteiger partial charge in [-0.15, -0.1) is 11.3 Å². The van der Waals surface area contributed by atoms with E-state index in [4.69, 9.17) is 0 Å². The fraction of sp³-hybridized carbons (Fsp3) is 0.562. The van der Waals surface area contributed by atoms with Gasteiger partial charge in [-0.3, -0.25) is 4.79 Å². The number of aromatic nitrogens is 1. The van der Waals surface area contributed by atoms with Gasteiger partial charge in [0, 0.05) is 23.1 Å². The van der Waals surface area contributed by atoms with Crippen LogP contribution in [0.3, 0.4) is 0 Å². The van der Waals surface area contributed by atoms with E-state index in [2.05, 4.69) is 4.98 Å². The van der Waals surface area contributed by atoms with E-state index < -0.39 is 41.4 Å². The first-order chi connectivity index (χ1) is 19.2. The number of thiazole rings is 1. The van der Waals surface area contributed by atoms with E-state index in [0.717, 1.165) is 51.4 Å². The summed E-state index contributed by atoms with van der Waals surface area (Å²) in [5, 5.41) is 14.5. The van der Waals surface area contributed by atoms with Crippen molar-refractivity contribution in [3.05, 3.63) is 74.3 Å². The lowest BCUT2D eigenvalue weighted by Crippen LogP contribution is -2.65. The number of allylic oxidation sites excluding steroid dienone is 4. The van der Waals surface area contributed by atoms with Gasteiger partial charge >= 0.3 is 12.1 Å². The van der Waals surface area contributed by atoms with E-state index in [-0.39, 0.29) is 24.5 Å². The molecule has 1 aromatic heterocycles. The zero-order chi connectivity index (χ0) is 29.4. The maximum Gasteiger partial charge on any atom is 0.456 e. The van der Waals surface area contributed by atoms with Crippen molar-refractivity contribution in [3.63, 3.8) is 0 Å². The van der Waals surface area contributed by atoms with Crippen LogP contribution in [0.1, 0.15) is 79.6 Å². The Bertz CT molecular complexity index is 1420. The van der Waals surface area contributed by atoms with Gasteiger partial charge in [0.2, 0.25) is 0 Å². The second-order valence-electron chi connectivity index (χ2n) is 12.6. The molecule has 4 aliphatic carbocycles. The number of alkyl halides is 5. The number of rotatable bonds is 5. The molecule has 1 aromatic carbocycles. The molecular formula is C32H34F5NO2S. The van der Waals surface area contributed by atoms with E-state index in [1.54, 1.807) is 17.4 Å². The van der Waals surface area contributed by atoms with Gasteiger partial charge in [-0.05, 0) is 98.5 Å². The standard InChI is InChI=1S/C32H34F5NO2S/c1-18-38-22(17-41-18)9-5-19-3-6-20(7-4-19)26-16-29(2)27(13-14-30(29,40)31(33,34)32(35,36)37)25-11-8-21-15-23(39)10-12-24(21)28(25)26/h3-4,6-7,15,17,25-27,40H,5,8-14,16H2,1-2H3/t25?,26-,27?,29+,30+/m1/s1. The Morgan fingerprint density at radius 1 is 1.05 bits per heavy atom. The molecule has 0 saturated heterocycles. The number of nitrogens with zero attached hydrogens (tertiary/aromatic N) is 1. The number of aryl methyl sites for hydroxylation is 3. The Morgan fingerprint density at radius 3 is 2.44 bits per heavy atom. The highest BCUT2D eigenvalue weighted by molar-refractivity contribution is 7.09. The molecule has 6 rings (SSSR count). The average Bonchev–Trinajstić information content (AvgIpc) is 3.46. The van der Waals surface area contributed by atoms with Crippen molar-refractivity contribution in [3.8, 4) is 0 Å². The van der Waals surface area contributed by atoms with Crippen LogP contribution in [0, 0.1) is 24.2 Å². The summed E-state index contributed by atoms with van der Waals surface area (Å²) < 4.78 is 71.5. The third kappa shape index (κ3) is 4.44. The number of hydrogen-bond donors (Lipinski definition) is 1. The Hall–Kier alpha value is -2.39. The van der Waals surface area contributed by atoms with Crippen molar-refractivity contribution in [1.82, 2.24) is 4.98 Å². The van der Waals surface area contributed by atoms with Gasteiger partial charge in [-0.1, -0.05) is 36.8 Å². The summed E-state index contributed by atoms with van der Waals surface area (Å²) in [7, 11) is 0. The van der Waals surface area contributed by atoms with Gasteiger partial charge in [-0.2, -0.15) is 22.0 Å². The molecule has 1 heterocycles. The predicted molar refractivity (Wildman–Crippen MR) is 147 cm³/mol. The summed E-state index contributed by atoms with van der Waals surface area (Å²) in [6.45, 7) is 3.42.